The number of benzene rings is 1. The third-order valence-electron chi connectivity index (χ3n) is 2.34. The van der Waals surface area contributed by atoms with E-state index in [0.29, 0.717) is 4.70 Å². The number of fused-ring (bicyclic) bond motifs is 1. The summed E-state index contributed by atoms with van der Waals surface area (Å²) >= 11 is 1.00. The lowest BCUT2D eigenvalue weighted by Gasteiger charge is -2.06. The Balaban J connectivity index is 2.55. The van der Waals surface area contributed by atoms with E-state index in [4.69, 9.17) is 4.74 Å². The molecule has 1 heterocycles. The SMILES string of the molecule is CCOC(=O)c1cc2c(C(F)(F)F)cccc2s1. The smallest absolute Gasteiger partial charge is 0.417 e. The van der Waals surface area contributed by atoms with Gasteiger partial charge in [0.2, 0.25) is 0 Å². The van der Waals surface area contributed by atoms with Gasteiger partial charge in [0.25, 0.3) is 0 Å². The summed E-state index contributed by atoms with van der Waals surface area (Å²) in [7, 11) is 0. The van der Waals surface area contributed by atoms with Crippen LogP contribution in [0.3, 0.4) is 0 Å². The Morgan fingerprint density at radius 3 is 2.72 bits per heavy atom. The van der Waals surface area contributed by atoms with Crippen molar-refractivity contribution >= 4 is 27.4 Å². The minimum absolute atomic E-state index is 0.0399. The number of hydrogen-bond donors (Lipinski definition) is 0. The van der Waals surface area contributed by atoms with Crippen molar-refractivity contribution in [2.45, 2.75) is 13.1 Å². The Morgan fingerprint density at radius 1 is 1.39 bits per heavy atom. The van der Waals surface area contributed by atoms with Crippen molar-refractivity contribution in [2.75, 3.05) is 6.61 Å². The molecular formula is C12H9F3O2S. The second kappa shape index (κ2) is 4.61. The molecule has 0 unspecified atom stereocenters. The highest BCUT2D eigenvalue weighted by atomic mass is 32.1. The minimum Gasteiger partial charge on any atom is -0.462 e. The first-order valence-corrected chi connectivity index (χ1v) is 6.02. The molecule has 0 aliphatic carbocycles. The number of hydrogen-bond acceptors (Lipinski definition) is 3. The van der Waals surface area contributed by atoms with Gasteiger partial charge in [0.15, 0.2) is 0 Å². The molecule has 6 heteroatoms. The molecule has 2 aromatic rings. The van der Waals surface area contributed by atoms with Crippen molar-refractivity contribution in [1.82, 2.24) is 0 Å². The predicted octanol–water partition coefficient (Wildman–Crippen LogP) is 4.10. The summed E-state index contributed by atoms with van der Waals surface area (Å²) in [5.74, 6) is -0.591. The lowest BCUT2D eigenvalue weighted by atomic mass is 10.1. The number of rotatable bonds is 2. The van der Waals surface area contributed by atoms with Crippen LogP contribution < -0.4 is 0 Å². The fourth-order valence-corrected chi connectivity index (χ4v) is 2.59. The van der Waals surface area contributed by atoms with Gasteiger partial charge in [-0.05, 0) is 25.1 Å². The lowest BCUT2D eigenvalue weighted by Crippen LogP contribution is -2.05. The first kappa shape index (κ1) is 12.9. The highest BCUT2D eigenvalue weighted by Crippen LogP contribution is 2.38. The summed E-state index contributed by atoms with van der Waals surface area (Å²) in [4.78, 5) is 11.7. The Hall–Kier alpha value is -1.56. The van der Waals surface area contributed by atoms with Crippen LogP contribution in [0.2, 0.25) is 0 Å². The molecule has 1 aromatic carbocycles. The molecule has 0 radical (unpaired) electrons. The molecule has 0 saturated heterocycles. The van der Waals surface area contributed by atoms with Crippen LogP contribution in [0.1, 0.15) is 22.2 Å². The van der Waals surface area contributed by atoms with Gasteiger partial charge >= 0.3 is 12.1 Å². The molecule has 2 rings (SSSR count). The summed E-state index contributed by atoms with van der Waals surface area (Å²) < 4.78 is 43.5. The van der Waals surface area contributed by atoms with E-state index in [9.17, 15) is 18.0 Å². The number of carbonyl (C=O) groups is 1. The van der Waals surface area contributed by atoms with Crippen LogP contribution in [0.5, 0.6) is 0 Å². The van der Waals surface area contributed by atoms with E-state index in [0.717, 1.165) is 17.4 Å². The van der Waals surface area contributed by atoms with Gasteiger partial charge in [-0.25, -0.2) is 4.79 Å². The zero-order chi connectivity index (χ0) is 13.3. The molecule has 2 nitrogen and oxygen atoms in total. The van der Waals surface area contributed by atoms with Crippen molar-refractivity contribution in [3.63, 3.8) is 0 Å². The van der Waals surface area contributed by atoms with Gasteiger partial charge in [-0.15, -0.1) is 11.3 Å². The quantitative estimate of drug-likeness (QED) is 0.771. The van der Waals surface area contributed by atoms with E-state index in [-0.39, 0.29) is 16.9 Å². The first-order chi connectivity index (χ1) is 8.43. The van der Waals surface area contributed by atoms with Gasteiger partial charge in [0.1, 0.15) is 4.88 Å². The number of thiophene rings is 1. The molecule has 0 amide bonds. The van der Waals surface area contributed by atoms with Crippen LogP contribution in [-0.2, 0) is 10.9 Å². The van der Waals surface area contributed by atoms with Gasteiger partial charge in [-0.3, -0.25) is 0 Å². The molecule has 96 valence electrons. The summed E-state index contributed by atoms with van der Waals surface area (Å²) in [6.07, 6.45) is -4.42. The lowest BCUT2D eigenvalue weighted by molar-refractivity contribution is -0.136. The van der Waals surface area contributed by atoms with E-state index in [1.54, 1.807) is 13.0 Å². The average Bonchev–Trinajstić information content (AvgIpc) is 2.71. The monoisotopic (exact) mass is 274 g/mol. The molecule has 0 fully saturated rings. The number of ether oxygens (including phenoxy) is 1. The maximum absolute atomic E-state index is 12.8. The second-order valence-electron chi connectivity index (χ2n) is 3.55. The number of halogens is 3. The molecule has 0 aliphatic rings. The largest absolute Gasteiger partial charge is 0.462 e. The molecule has 0 saturated carbocycles. The van der Waals surface area contributed by atoms with Crippen LogP contribution in [0, 0.1) is 0 Å². The summed E-state index contributed by atoms with van der Waals surface area (Å²) in [5, 5.41) is 0.0399. The van der Waals surface area contributed by atoms with Gasteiger partial charge in [0.05, 0.1) is 12.2 Å². The maximum atomic E-state index is 12.8. The fraction of sp³-hybridized carbons (Fsp3) is 0.250. The van der Waals surface area contributed by atoms with E-state index >= 15 is 0 Å². The predicted molar refractivity (Wildman–Crippen MR) is 62.8 cm³/mol. The van der Waals surface area contributed by atoms with Crippen molar-refractivity contribution in [2.24, 2.45) is 0 Å². The minimum atomic E-state index is -4.42. The number of esters is 1. The maximum Gasteiger partial charge on any atom is 0.417 e. The normalized spacial score (nSPS) is 11.8. The van der Waals surface area contributed by atoms with Crippen LogP contribution in [-0.4, -0.2) is 12.6 Å². The Kier molecular flexibility index (Phi) is 3.30. The molecule has 0 N–H and O–H groups in total. The molecule has 0 atom stereocenters. The van der Waals surface area contributed by atoms with Crippen molar-refractivity contribution in [1.29, 1.82) is 0 Å². The zero-order valence-corrected chi connectivity index (χ0v) is 10.2. The van der Waals surface area contributed by atoms with Crippen molar-refractivity contribution in [3.05, 3.63) is 34.7 Å². The van der Waals surface area contributed by atoms with Gasteiger partial charge < -0.3 is 4.74 Å². The highest BCUT2D eigenvalue weighted by molar-refractivity contribution is 7.20. The fourth-order valence-electron chi connectivity index (χ4n) is 1.61. The second-order valence-corrected chi connectivity index (χ2v) is 4.63. The highest BCUT2D eigenvalue weighted by Gasteiger charge is 2.33. The molecule has 18 heavy (non-hydrogen) atoms. The molecule has 1 aromatic heterocycles. The topological polar surface area (TPSA) is 26.3 Å². The first-order valence-electron chi connectivity index (χ1n) is 5.20. The van der Waals surface area contributed by atoms with Crippen LogP contribution in [0.15, 0.2) is 24.3 Å². The molecule has 0 bridgehead atoms. The van der Waals surface area contributed by atoms with Crippen LogP contribution in [0.25, 0.3) is 10.1 Å². The van der Waals surface area contributed by atoms with Gasteiger partial charge in [-0.1, -0.05) is 6.07 Å². The molecular weight excluding hydrogens is 265 g/mol. The van der Waals surface area contributed by atoms with E-state index in [2.05, 4.69) is 0 Å². The van der Waals surface area contributed by atoms with Crippen LogP contribution >= 0.6 is 11.3 Å². The molecule has 0 aliphatic heterocycles. The van der Waals surface area contributed by atoms with E-state index < -0.39 is 17.7 Å². The third-order valence-corrected chi connectivity index (χ3v) is 3.42. The van der Waals surface area contributed by atoms with E-state index in [1.807, 2.05) is 0 Å². The summed E-state index contributed by atoms with van der Waals surface area (Å²) in [6, 6.07) is 5.12. The Bertz CT molecular complexity index is 587. The standard InChI is InChI=1S/C12H9F3O2S/c1-2-17-11(16)10-6-7-8(12(13,14)15)4-3-5-9(7)18-10/h3-6H,2H2,1H3. The Morgan fingerprint density at radius 2 is 2.11 bits per heavy atom. The zero-order valence-electron chi connectivity index (χ0n) is 9.38. The third kappa shape index (κ3) is 2.33. The summed E-state index contributed by atoms with van der Waals surface area (Å²) in [5.41, 5.74) is -0.730. The number of alkyl halides is 3. The average molecular weight is 274 g/mol. The number of carbonyl (C=O) groups excluding carboxylic acids is 1. The van der Waals surface area contributed by atoms with Crippen molar-refractivity contribution < 1.29 is 22.7 Å². The van der Waals surface area contributed by atoms with Gasteiger partial charge in [0, 0.05) is 10.1 Å². The van der Waals surface area contributed by atoms with Crippen molar-refractivity contribution in [3.8, 4) is 0 Å². The van der Waals surface area contributed by atoms with E-state index in [1.165, 1.54) is 12.1 Å². The Labute approximate surface area is 105 Å². The molecule has 0 spiro atoms. The van der Waals surface area contributed by atoms with Gasteiger partial charge in [-0.2, -0.15) is 13.2 Å². The van der Waals surface area contributed by atoms with Crippen LogP contribution in [0.4, 0.5) is 13.2 Å². The summed E-state index contributed by atoms with van der Waals surface area (Å²) in [6.45, 7) is 1.84.